The minimum Gasteiger partial charge on any atom is -0.299 e. The lowest BCUT2D eigenvalue weighted by Crippen LogP contribution is -2.18. The van der Waals surface area contributed by atoms with Gasteiger partial charge >= 0.3 is 0 Å². The van der Waals surface area contributed by atoms with Gasteiger partial charge in [0.1, 0.15) is 6.29 Å². The Labute approximate surface area is 109 Å². The first kappa shape index (κ1) is 15.4. The predicted octanol–water partition coefficient (Wildman–Crippen LogP) is 2.94. The molecule has 1 heterocycles. The molecule has 1 fully saturated rings. The van der Waals surface area contributed by atoms with Gasteiger partial charge in [-0.2, -0.15) is 0 Å². The largest absolute Gasteiger partial charge is 0.299 e. The average molecular weight is 262 g/mol. The molecule has 1 aromatic rings. The highest BCUT2D eigenvalue weighted by atomic mass is 35.5. The van der Waals surface area contributed by atoms with Crippen LogP contribution in [-0.4, -0.2) is 24.3 Å². The standard InChI is InChI=1S/C12H15NO.2ClH/c14-10-12-5-3-11(4-6-12)9-13-7-1-2-8-13;;/h3-6,10H,1-2,7-9H2;2*1H. The first-order valence-electron chi connectivity index (χ1n) is 5.15. The first-order valence-corrected chi connectivity index (χ1v) is 5.15. The second-order valence-electron chi connectivity index (χ2n) is 3.84. The Kier molecular flexibility index (Phi) is 7.39. The van der Waals surface area contributed by atoms with Crippen LogP contribution in [0.25, 0.3) is 0 Å². The molecule has 0 amide bonds. The third-order valence-electron chi connectivity index (χ3n) is 2.72. The molecule has 1 aliphatic heterocycles. The van der Waals surface area contributed by atoms with E-state index < -0.39 is 0 Å². The van der Waals surface area contributed by atoms with Crippen LogP contribution in [0.1, 0.15) is 28.8 Å². The normalized spacial score (nSPS) is 15.0. The van der Waals surface area contributed by atoms with E-state index in [-0.39, 0.29) is 24.8 Å². The molecule has 4 heteroatoms. The molecule has 0 saturated carbocycles. The Balaban J connectivity index is 0.00000112. The van der Waals surface area contributed by atoms with Gasteiger partial charge in [-0.25, -0.2) is 0 Å². The second kappa shape index (κ2) is 7.66. The molecule has 0 aromatic heterocycles. The van der Waals surface area contributed by atoms with Crippen LogP contribution in [-0.2, 0) is 6.54 Å². The van der Waals surface area contributed by atoms with Crippen molar-refractivity contribution in [2.75, 3.05) is 13.1 Å². The van der Waals surface area contributed by atoms with Crippen LogP contribution in [0.5, 0.6) is 0 Å². The van der Waals surface area contributed by atoms with E-state index >= 15 is 0 Å². The maximum atomic E-state index is 10.5. The van der Waals surface area contributed by atoms with E-state index in [1.165, 1.54) is 31.5 Å². The van der Waals surface area contributed by atoms with Crippen LogP contribution < -0.4 is 0 Å². The number of halogens is 2. The molecule has 1 aromatic carbocycles. The fraction of sp³-hybridized carbons (Fsp3) is 0.417. The summed E-state index contributed by atoms with van der Waals surface area (Å²) in [6, 6.07) is 7.86. The Morgan fingerprint density at radius 3 is 2.12 bits per heavy atom. The van der Waals surface area contributed by atoms with Crippen molar-refractivity contribution in [2.24, 2.45) is 0 Å². The van der Waals surface area contributed by atoms with Gasteiger partial charge < -0.3 is 0 Å². The number of aldehydes is 1. The zero-order valence-corrected chi connectivity index (χ0v) is 10.7. The smallest absolute Gasteiger partial charge is 0.150 e. The number of carbonyl (C=O) groups excluding carboxylic acids is 1. The molecule has 1 aliphatic rings. The highest BCUT2D eigenvalue weighted by molar-refractivity contribution is 5.85. The van der Waals surface area contributed by atoms with E-state index in [4.69, 9.17) is 0 Å². The van der Waals surface area contributed by atoms with Crippen LogP contribution in [0.3, 0.4) is 0 Å². The zero-order chi connectivity index (χ0) is 9.80. The van der Waals surface area contributed by atoms with Crippen LogP contribution in [0, 0.1) is 0 Å². The van der Waals surface area contributed by atoms with E-state index in [2.05, 4.69) is 4.90 Å². The minimum atomic E-state index is 0. The maximum absolute atomic E-state index is 10.5. The number of benzene rings is 1. The third-order valence-corrected chi connectivity index (χ3v) is 2.72. The second-order valence-corrected chi connectivity index (χ2v) is 3.84. The summed E-state index contributed by atoms with van der Waals surface area (Å²) in [5.41, 5.74) is 2.06. The van der Waals surface area contributed by atoms with Gasteiger partial charge in [0.25, 0.3) is 0 Å². The maximum Gasteiger partial charge on any atom is 0.150 e. The molecule has 0 unspecified atom stereocenters. The molecule has 0 aliphatic carbocycles. The van der Waals surface area contributed by atoms with E-state index in [0.29, 0.717) is 0 Å². The predicted molar refractivity (Wildman–Crippen MR) is 70.8 cm³/mol. The first-order chi connectivity index (χ1) is 6.88. The summed E-state index contributed by atoms with van der Waals surface area (Å²) in [5.74, 6) is 0. The van der Waals surface area contributed by atoms with Crippen molar-refractivity contribution < 1.29 is 4.79 Å². The van der Waals surface area contributed by atoms with Crippen LogP contribution in [0.2, 0.25) is 0 Å². The lowest BCUT2D eigenvalue weighted by atomic mass is 10.1. The Morgan fingerprint density at radius 1 is 1.06 bits per heavy atom. The third kappa shape index (κ3) is 4.12. The zero-order valence-electron chi connectivity index (χ0n) is 9.09. The summed E-state index contributed by atoms with van der Waals surface area (Å²) in [6.45, 7) is 3.46. The summed E-state index contributed by atoms with van der Waals surface area (Å²) < 4.78 is 0. The summed E-state index contributed by atoms with van der Waals surface area (Å²) >= 11 is 0. The number of likely N-dealkylation sites (tertiary alicyclic amines) is 1. The van der Waals surface area contributed by atoms with Crippen LogP contribution in [0.4, 0.5) is 0 Å². The molecule has 0 N–H and O–H groups in total. The SMILES string of the molecule is Cl.Cl.O=Cc1ccc(CN2CCCC2)cc1. The molecule has 1 saturated heterocycles. The molecule has 0 bridgehead atoms. The average Bonchev–Trinajstić information content (AvgIpc) is 2.72. The number of hydrogen-bond donors (Lipinski definition) is 0. The van der Waals surface area contributed by atoms with E-state index in [1.807, 2.05) is 24.3 Å². The Morgan fingerprint density at radius 2 is 1.62 bits per heavy atom. The van der Waals surface area contributed by atoms with Crippen molar-refractivity contribution in [1.29, 1.82) is 0 Å². The molecule has 0 radical (unpaired) electrons. The van der Waals surface area contributed by atoms with Crippen molar-refractivity contribution in [3.05, 3.63) is 35.4 Å². The number of carbonyl (C=O) groups is 1. The van der Waals surface area contributed by atoms with Gasteiger partial charge in [-0.15, -0.1) is 24.8 Å². The van der Waals surface area contributed by atoms with Gasteiger partial charge in [-0.1, -0.05) is 24.3 Å². The van der Waals surface area contributed by atoms with Crippen molar-refractivity contribution in [2.45, 2.75) is 19.4 Å². The molecule has 0 atom stereocenters. The van der Waals surface area contributed by atoms with Gasteiger partial charge in [0.15, 0.2) is 0 Å². The van der Waals surface area contributed by atoms with E-state index in [1.54, 1.807) is 0 Å². The summed E-state index contributed by atoms with van der Waals surface area (Å²) in [4.78, 5) is 12.9. The van der Waals surface area contributed by atoms with Crippen molar-refractivity contribution in [3.8, 4) is 0 Å². The van der Waals surface area contributed by atoms with Crippen molar-refractivity contribution >= 4 is 31.1 Å². The number of nitrogens with zero attached hydrogens (tertiary/aromatic N) is 1. The summed E-state index contributed by atoms with van der Waals surface area (Å²) in [5, 5.41) is 0. The monoisotopic (exact) mass is 261 g/mol. The molecule has 16 heavy (non-hydrogen) atoms. The Hall–Kier alpha value is -0.570. The number of hydrogen-bond acceptors (Lipinski definition) is 2. The minimum absolute atomic E-state index is 0. The fourth-order valence-corrected chi connectivity index (χ4v) is 1.90. The topological polar surface area (TPSA) is 20.3 Å². The van der Waals surface area contributed by atoms with Gasteiger partial charge in [0.05, 0.1) is 0 Å². The molecular formula is C12H17Cl2NO. The highest BCUT2D eigenvalue weighted by Gasteiger charge is 2.11. The van der Waals surface area contributed by atoms with Crippen molar-refractivity contribution in [1.82, 2.24) is 4.90 Å². The van der Waals surface area contributed by atoms with E-state index in [0.717, 1.165) is 18.4 Å². The van der Waals surface area contributed by atoms with Gasteiger partial charge in [-0.3, -0.25) is 9.69 Å². The van der Waals surface area contributed by atoms with Gasteiger partial charge in [0.2, 0.25) is 0 Å². The Bertz CT molecular complexity index is 307. The fourth-order valence-electron chi connectivity index (χ4n) is 1.90. The summed E-state index contributed by atoms with van der Waals surface area (Å²) in [7, 11) is 0. The molecule has 2 nitrogen and oxygen atoms in total. The molecule has 2 rings (SSSR count). The molecule has 0 spiro atoms. The van der Waals surface area contributed by atoms with Crippen LogP contribution in [0.15, 0.2) is 24.3 Å². The summed E-state index contributed by atoms with van der Waals surface area (Å²) in [6.07, 6.45) is 3.54. The number of rotatable bonds is 3. The van der Waals surface area contributed by atoms with E-state index in [9.17, 15) is 4.79 Å². The van der Waals surface area contributed by atoms with Crippen LogP contribution >= 0.6 is 24.8 Å². The van der Waals surface area contributed by atoms with Crippen molar-refractivity contribution in [3.63, 3.8) is 0 Å². The highest BCUT2D eigenvalue weighted by Crippen LogP contribution is 2.12. The molecular weight excluding hydrogens is 245 g/mol. The van der Waals surface area contributed by atoms with Gasteiger partial charge in [0, 0.05) is 12.1 Å². The lowest BCUT2D eigenvalue weighted by molar-refractivity contribution is 0.112. The lowest BCUT2D eigenvalue weighted by Gasteiger charge is -2.14. The quantitative estimate of drug-likeness (QED) is 0.780. The van der Waals surface area contributed by atoms with Gasteiger partial charge in [-0.05, 0) is 31.5 Å². The molecule has 90 valence electrons.